The summed E-state index contributed by atoms with van der Waals surface area (Å²) >= 11 is 3.26. The lowest BCUT2D eigenvalue weighted by Crippen LogP contribution is -2.25. The van der Waals surface area contributed by atoms with E-state index >= 15 is 0 Å². The highest BCUT2D eigenvalue weighted by atomic mass is 79.9. The van der Waals surface area contributed by atoms with E-state index in [-0.39, 0.29) is 18.5 Å². The van der Waals surface area contributed by atoms with E-state index in [4.69, 9.17) is 4.74 Å². The van der Waals surface area contributed by atoms with Crippen molar-refractivity contribution in [3.05, 3.63) is 22.7 Å². The number of imidazole rings is 1. The Kier molecular flexibility index (Phi) is 5.18. The van der Waals surface area contributed by atoms with Crippen molar-refractivity contribution in [2.75, 3.05) is 18.5 Å². The Morgan fingerprint density at radius 1 is 1.43 bits per heavy atom. The summed E-state index contributed by atoms with van der Waals surface area (Å²) in [5, 5.41) is 2.14. The minimum atomic E-state index is -4.43. The highest BCUT2D eigenvalue weighted by Gasteiger charge is 2.28. The molecular weight excluding hydrogens is 379 g/mol. The molecule has 23 heavy (non-hydrogen) atoms. The molecule has 2 rings (SSSR count). The van der Waals surface area contributed by atoms with Gasteiger partial charge < -0.3 is 10.1 Å². The maximum atomic E-state index is 12.4. The van der Waals surface area contributed by atoms with E-state index < -0.39 is 18.8 Å². The summed E-state index contributed by atoms with van der Waals surface area (Å²) in [6, 6.07) is 4.87. The molecule has 0 spiro atoms. The van der Waals surface area contributed by atoms with Gasteiger partial charge in [0.2, 0.25) is 5.95 Å². The molecule has 126 valence electrons. The number of benzene rings is 1. The predicted octanol–water partition coefficient (Wildman–Crippen LogP) is 4.41. The molecule has 0 atom stereocenters. The zero-order valence-corrected chi connectivity index (χ0v) is 14.0. The Hall–Kier alpha value is -1.77. The molecule has 0 aliphatic carbocycles. The molecule has 0 fully saturated rings. The molecule has 0 saturated carbocycles. The standard InChI is InChI=1S/C14H15BrF3N3O2/c1-8(2)6-23-13(22)21-11-4-3-9(15)5-10(11)20-12(21)19-7-14(16,17)18/h3-5,8H,6-7H2,1-2H3,(H,19,20). The van der Waals surface area contributed by atoms with Gasteiger partial charge in [-0.2, -0.15) is 13.2 Å². The van der Waals surface area contributed by atoms with Crippen molar-refractivity contribution in [3.8, 4) is 0 Å². The van der Waals surface area contributed by atoms with Crippen LogP contribution in [0.5, 0.6) is 0 Å². The maximum Gasteiger partial charge on any atom is 0.421 e. The summed E-state index contributed by atoms with van der Waals surface area (Å²) in [7, 11) is 0. The summed E-state index contributed by atoms with van der Waals surface area (Å²) in [5.41, 5.74) is 0.747. The first kappa shape index (κ1) is 17.6. The zero-order chi connectivity index (χ0) is 17.2. The van der Waals surface area contributed by atoms with E-state index in [1.807, 2.05) is 13.8 Å². The van der Waals surface area contributed by atoms with E-state index in [0.717, 1.165) is 4.57 Å². The molecule has 1 heterocycles. The molecule has 0 unspecified atom stereocenters. The number of carbonyl (C=O) groups excluding carboxylic acids is 1. The maximum absolute atomic E-state index is 12.4. The van der Waals surface area contributed by atoms with Gasteiger partial charge in [0.05, 0.1) is 17.6 Å². The van der Waals surface area contributed by atoms with E-state index in [0.29, 0.717) is 15.5 Å². The number of ether oxygens (including phenoxy) is 1. The molecule has 1 aromatic carbocycles. The van der Waals surface area contributed by atoms with Crippen LogP contribution in [-0.4, -0.2) is 35.0 Å². The fourth-order valence-electron chi connectivity index (χ4n) is 1.84. The lowest BCUT2D eigenvalue weighted by atomic mass is 10.2. The summed E-state index contributed by atoms with van der Waals surface area (Å²) in [4.78, 5) is 16.3. The second kappa shape index (κ2) is 6.77. The van der Waals surface area contributed by atoms with E-state index in [9.17, 15) is 18.0 Å². The van der Waals surface area contributed by atoms with Crippen LogP contribution in [0.3, 0.4) is 0 Å². The number of hydrogen-bond donors (Lipinski definition) is 1. The number of aromatic nitrogens is 2. The summed E-state index contributed by atoms with van der Waals surface area (Å²) < 4.78 is 44.1. The predicted molar refractivity (Wildman–Crippen MR) is 83.6 cm³/mol. The minimum Gasteiger partial charge on any atom is -0.449 e. The van der Waals surface area contributed by atoms with Crippen LogP contribution in [0, 0.1) is 5.92 Å². The number of rotatable bonds is 4. The average Bonchev–Trinajstić information content (AvgIpc) is 2.79. The minimum absolute atomic E-state index is 0.106. The van der Waals surface area contributed by atoms with Crippen LogP contribution < -0.4 is 5.32 Å². The van der Waals surface area contributed by atoms with Crippen LogP contribution in [0.1, 0.15) is 13.8 Å². The molecule has 0 saturated heterocycles. The normalized spacial score (nSPS) is 12.0. The number of carbonyl (C=O) groups is 1. The third-order valence-electron chi connectivity index (χ3n) is 2.79. The zero-order valence-electron chi connectivity index (χ0n) is 12.4. The van der Waals surface area contributed by atoms with Crippen molar-refractivity contribution in [2.45, 2.75) is 20.0 Å². The summed E-state index contributed by atoms with van der Waals surface area (Å²) in [6.07, 6.45) is -5.20. The number of alkyl halides is 3. The first-order valence-electron chi connectivity index (χ1n) is 6.83. The second-order valence-electron chi connectivity index (χ2n) is 5.34. The largest absolute Gasteiger partial charge is 0.449 e. The van der Waals surface area contributed by atoms with Crippen LogP contribution in [0.15, 0.2) is 22.7 Å². The molecule has 0 bridgehead atoms. The molecule has 0 aliphatic heterocycles. The van der Waals surface area contributed by atoms with Crippen molar-refractivity contribution >= 4 is 39.0 Å². The number of anilines is 1. The Labute approximate surface area is 138 Å². The Balaban J connectivity index is 2.39. The monoisotopic (exact) mass is 393 g/mol. The quantitative estimate of drug-likeness (QED) is 0.835. The third-order valence-corrected chi connectivity index (χ3v) is 3.28. The molecule has 1 aromatic heterocycles. The van der Waals surface area contributed by atoms with Gasteiger partial charge in [0.1, 0.15) is 6.54 Å². The highest BCUT2D eigenvalue weighted by Crippen LogP contribution is 2.25. The molecule has 0 aliphatic rings. The first-order valence-corrected chi connectivity index (χ1v) is 7.62. The highest BCUT2D eigenvalue weighted by molar-refractivity contribution is 9.10. The molecule has 1 N–H and O–H groups in total. The van der Waals surface area contributed by atoms with Gasteiger partial charge in [-0.3, -0.25) is 0 Å². The topological polar surface area (TPSA) is 56.1 Å². The lowest BCUT2D eigenvalue weighted by Gasteiger charge is -2.12. The molecule has 0 radical (unpaired) electrons. The number of nitrogens with one attached hydrogen (secondary N) is 1. The van der Waals surface area contributed by atoms with Crippen molar-refractivity contribution in [1.29, 1.82) is 0 Å². The summed E-state index contributed by atoms with van der Waals surface area (Å²) in [6.45, 7) is 2.58. The van der Waals surface area contributed by atoms with Gasteiger partial charge in [-0.25, -0.2) is 14.3 Å². The second-order valence-corrected chi connectivity index (χ2v) is 6.26. The van der Waals surface area contributed by atoms with Crippen LogP contribution in [0.25, 0.3) is 11.0 Å². The molecule has 2 aromatic rings. The Morgan fingerprint density at radius 2 is 2.13 bits per heavy atom. The Morgan fingerprint density at radius 3 is 2.74 bits per heavy atom. The van der Waals surface area contributed by atoms with E-state index in [1.54, 1.807) is 18.2 Å². The number of halogens is 4. The van der Waals surface area contributed by atoms with Gasteiger partial charge in [-0.05, 0) is 24.1 Å². The van der Waals surface area contributed by atoms with E-state index in [2.05, 4.69) is 26.2 Å². The first-order chi connectivity index (χ1) is 10.7. The SMILES string of the molecule is CC(C)COC(=O)n1c(NCC(F)(F)F)nc2cc(Br)ccc21. The van der Waals surface area contributed by atoms with Gasteiger partial charge in [0.25, 0.3) is 0 Å². The molecular formula is C14H15BrF3N3O2. The molecule has 9 heteroatoms. The van der Waals surface area contributed by atoms with Crippen LogP contribution >= 0.6 is 15.9 Å². The van der Waals surface area contributed by atoms with Gasteiger partial charge in [0, 0.05) is 4.47 Å². The van der Waals surface area contributed by atoms with Crippen molar-refractivity contribution in [3.63, 3.8) is 0 Å². The fourth-order valence-corrected chi connectivity index (χ4v) is 2.19. The lowest BCUT2D eigenvalue weighted by molar-refractivity contribution is -0.115. The molecule has 5 nitrogen and oxygen atoms in total. The van der Waals surface area contributed by atoms with Crippen LogP contribution in [-0.2, 0) is 4.74 Å². The van der Waals surface area contributed by atoms with Crippen molar-refractivity contribution in [2.24, 2.45) is 5.92 Å². The van der Waals surface area contributed by atoms with Gasteiger partial charge in [-0.15, -0.1) is 0 Å². The Bertz CT molecular complexity index is 713. The van der Waals surface area contributed by atoms with Crippen molar-refractivity contribution in [1.82, 2.24) is 9.55 Å². The van der Waals surface area contributed by atoms with Gasteiger partial charge >= 0.3 is 12.3 Å². The molecule has 0 amide bonds. The van der Waals surface area contributed by atoms with Gasteiger partial charge in [-0.1, -0.05) is 29.8 Å². The van der Waals surface area contributed by atoms with Gasteiger partial charge in [0.15, 0.2) is 0 Å². The number of hydrogen-bond acceptors (Lipinski definition) is 4. The average molecular weight is 394 g/mol. The van der Waals surface area contributed by atoms with Crippen molar-refractivity contribution < 1.29 is 22.7 Å². The third kappa shape index (κ3) is 4.60. The smallest absolute Gasteiger partial charge is 0.421 e. The summed E-state index contributed by atoms with van der Waals surface area (Å²) in [5.74, 6) is -0.0985. The van der Waals surface area contributed by atoms with E-state index in [1.165, 1.54) is 0 Å². The van der Waals surface area contributed by atoms with Crippen LogP contribution in [0.2, 0.25) is 0 Å². The number of fused-ring (bicyclic) bond motifs is 1. The number of nitrogens with zero attached hydrogens (tertiary/aromatic N) is 2. The fraction of sp³-hybridized carbons (Fsp3) is 0.429. The van der Waals surface area contributed by atoms with Crippen LogP contribution in [0.4, 0.5) is 23.9 Å².